The molecule has 5 heteroatoms. The molecule has 0 heterocycles. The first-order valence-corrected chi connectivity index (χ1v) is 6.19. The minimum Gasteiger partial charge on any atom is -0.395 e. The van der Waals surface area contributed by atoms with E-state index < -0.39 is 0 Å². The minimum atomic E-state index is -0.281. The van der Waals surface area contributed by atoms with Gasteiger partial charge in [0.15, 0.2) is 0 Å². The second-order valence-corrected chi connectivity index (χ2v) is 4.60. The van der Waals surface area contributed by atoms with Crippen LogP contribution < -0.4 is 11.3 Å². The number of aliphatic hydroxyl groups excluding tert-OH is 1. The van der Waals surface area contributed by atoms with E-state index in [1.54, 1.807) is 6.07 Å². The topological polar surface area (TPSA) is 78.6 Å². The molecule has 0 aromatic heterocycles. The normalized spacial score (nSPS) is 14.8. The number of nitrogens with one attached hydrogen (secondary N) is 1. The van der Waals surface area contributed by atoms with Crippen LogP contribution in [-0.4, -0.2) is 35.1 Å². The Morgan fingerprint density at radius 2 is 2.28 bits per heavy atom. The zero-order valence-electron chi connectivity index (χ0n) is 10.3. The summed E-state index contributed by atoms with van der Waals surface area (Å²) in [5, 5.41) is 9.05. The third-order valence-electron chi connectivity index (χ3n) is 3.16. The molecule has 1 fully saturated rings. The van der Waals surface area contributed by atoms with Crippen LogP contribution in [0, 0.1) is 0 Å². The van der Waals surface area contributed by atoms with Crippen molar-refractivity contribution in [1.82, 2.24) is 10.3 Å². The number of rotatable bonds is 6. The molecule has 0 unspecified atom stereocenters. The maximum atomic E-state index is 11.4. The fraction of sp³-hybridized carbons (Fsp3) is 0.462. The first-order chi connectivity index (χ1) is 8.74. The number of amides is 1. The summed E-state index contributed by atoms with van der Waals surface area (Å²) in [7, 11) is 0. The van der Waals surface area contributed by atoms with Gasteiger partial charge in [0.25, 0.3) is 5.91 Å². The highest BCUT2D eigenvalue weighted by Gasteiger charge is 2.28. The van der Waals surface area contributed by atoms with Crippen LogP contribution in [-0.2, 0) is 6.54 Å². The third kappa shape index (κ3) is 3.29. The van der Waals surface area contributed by atoms with Crippen LogP contribution in [0.3, 0.4) is 0 Å². The first kappa shape index (κ1) is 13.0. The highest BCUT2D eigenvalue weighted by Crippen LogP contribution is 2.28. The number of benzene rings is 1. The Morgan fingerprint density at radius 1 is 1.50 bits per heavy atom. The summed E-state index contributed by atoms with van der Waals surface area (Å²) in [6.45, 7) is 1.61. The Morgan fingerprint density at radius 3 is 2.89 bits per heavy atom. The van der Waals surface area contributed by atoms with Gasteiger partial charge in [-0.15, -0.1) is 0 Å². The van der Waals surface area contributed by atoms with Crippen LogP contribution >= 0.6 is 0 Å². The molecule has 1 aromatic carbocycles. The second-order valence-electron chi connectivity index (χ2n) is 4.60. The van der Waals surface area contributed by atoms with E-state index in [0.717, 1.165) is 12.1 Å². The van der Waals surface area contributed by atoms with Gasteiger partial charge in [-0.25, -0.2) is 5.84 Å². The van der Waals surface area contributed by atoms with Crippen LogP contribution in [0.25, 0.3) is 0 Å². The molecule has 0 spiro atoms. The van der Waals surface area contributed by atoms with Crippen molar-refractivity contribution in [2.75, 3.05) is 13.2 Å². The number of carbonyl (C=O) groups is 1. The molecular weight excluding hydrogens is 230 g/mol. The van der Waals surface area contributed by atoms with Crippen molar-refractivity contribution in [3.05, 3.63) is 35.4 Å². The molecule has 0 bridgehead atoms. The second kappa shape index (κ2) is 5.95. The lowest BCUT2D eigenvalue weighted by Gasteiger charge is -2.21. The average Bonchev–Trinajstić information content (AvgIpc) is 3.22. The molecule has 5 nitrogen and oxygen atoms in total. The van der Waals surface area contributed by atoms with E-state index in [0.29, 0.717) is 18.2 Å². The Bertz CT molecular complexity index is 418. The van der Waals surface area contributed by atoms with E-state index in [1.807, 2.05) is 18.2 Å². The number of aliphatic hydroxyl groups is 1. The van der Waals surface area contributed by atoms with Crippen LogP contribution in [0.1, 0.15) is 28.8 Å². The maximum Gasteiger partial charge on any atom is 0.265 e. The maximum absolute atomic E-state index is 11.4. The number of hydrogen-bond donors (Lipinski definition) is 3. The van der Waals surface area contributed by atoms with E-state index in [1.165, 1.54) is 12.8 Å². The summed E-state index contributed by atoms with van der Waals surface area (Å²) >= 11 is 0. The molecule has 98 valence electrons. The summed E-state index contributed by atoms with van der Waals surface area (Å²) in [6, 6.07) is 8.00. The predicted molar refractivity (Wildman–Crippen MR) is 68.6 cm³/mol. The SMILES string of the molecule is NNC(=O)c1cccc(CN(CCO)C2CC2)c1. The van der Waals surface area contributed by atoms with Crippen LogP contribution in [0.4, 0.5) is 0 Å². The molecule has 4 N–H and O–H groups in total. The Hall–Kier alpha value is -1.43. The van der Waals surface area contributed by atoms with Crippen molar-refractivity contribution in [3.63, 3.8) is 0 Å². The van der Waals surface area contributed by atoms with Crippen LogP contribution in [0.5, 0.6) is 0 Å². The summed E-state index contributed by atoms with van der Waals surface area (Å²) in [5.41, 5.74) is 3.76. The summed E-state index contributed by atoms with van der Waals surface area (Å²) < 4.78 is 0. The monoisotopic (exact) mass is 249 g/mol. The van der Waals surface area contributed by atoms with Gasteiger partial charge in [-0.05, 0) is 30.5 Å². The van der Waals surface area contributed by atoms with Crippen molar-refractivity contribution >= 4 is 5.91 Å². The fourth-order valence-electron chi connectivity index (χ4n) is 2.09. The van der Waals surface area contributed by atoms with Crippen molar-refractivity contribution in [2.45, 2.75) is 25.4 Å². The van der Waals surface area contributed by atoms with Gasteiger partial charge in [-0.3, -0.25) is 15.1 Å². The summed E-state index contributed by atoms with van der Waals surface area (Å²) in [4.78, 5) is 13.7. The third-order valence-corrected chi connectivity index (χ3v) is 3.16. The average molecular weight is 249 g/mol. The van der Waals surface area contributed by atoms with Crippen molar-refractivity contribution in [3.8, 4) is 0 Å². The standard InChI is InChI=1S/C13H19N3O2/c14-15-13(18)11-3-1-2-10(8-11)9-16(6-7-17)12-4-5-12/h1-3,8,12,17H,4-7,9,14H2,(H,15,18). The molecule has 1 aromatic rings. The fourth-order valence-corrected chi connectivity index (χ4v) is 2.09. The molecule has 0 atom stereocenters. The smallest absolute Gasteiger partial charge is 0.265 e. The van der Waals surface area contributed by atoms with Gasteiger partial charge in [-0.1, -0.05) is 12.1 Å². The number of nitrogens with two attached hydrogens (primary N) is 1. The van der Waals surface area contributed by atoms with E-state index >= 15 is 0 Å². The minimum absolute atomic E-state index is 0.166. The molecule has 0 radical (unpaired) electrons. The summed E-state index contributed by atoms with van der Waals surface area (Å²) in [5.74, 6) is 4.84. The number of hydrazine groups is 1. The molecule has 1 aliphatic carbocycles. The molecule has 2 rings (SSSR count). The number of hydrogen-bond acceptors (Lipinski definition) is 4. The first-order valence-electron chi connectivity index (χ1n) is 6.19. The molecular formula is C13H19N3O2. The highest BCUT2D eigenvalue weighted by molar-refractivity contribution is 5.93. The van der Waals surface area contributed by atoms with Gasteiger partial charge >= 0.3 is 0 Å². The lowest BCUT2D eigenvalue weighted by atomic mass is 10.1. The van der Waals surface area contributed by atoms with Gasteiger partial charge in [-0.2, -0.15) is 0 Å². The Kier molecular flexibility index (Phi) is 4.30. The zero-order valence-corrected chi connectivity index (χ0v) is 10.3. The van der Waals surface area contributed by atoms with Crippen molar-refractivity contribution < 1.29 is 9.90 Å². The lowest BCUT2D eigenvalue weighted by Crippen LogP contribution is -2.30. The number of nitrogen functional groups attached to an aromatic ring is 1. The van der Waals surface area contributed by atoms with Crippen molar-refractivity contribution in [1.29, 1.82) is 0 Å². The lowest BCUT2D eigenvalue weighted by molar-refractivity contribution is 0.0953. The Balaban J connectivity index is 2.05. The molecule has 1 aliphatic rings. The Labute approximate surface area is 107 Å². The van der Waals surface area contributed by atoms with Gasteiger partial charge in [0.1, 0.15) is 0 Å². The van der Waals surface area contributed by atoms with E-state index in [-0.39, 0.29) is 12.5 Å². The van der Waals surface area contributed by atoms with Crippen LogP contribution in [0.15, 0.2) is 24.3 Å². The molecule has 1 amide bonds. The predicted octanol–water partition coefficient (Wildman–Crippen LogP) is 0.247. The molecule has 0 aliphatic heterocycles. The van der Waals surface area contributed by atoms with Crippen molar-refractivity contribution in [2.24, 2.45) is 5.84 Å². The zero-order chi connectivity index (χ0) is 13.0. The largest absolute Gasteiger partial charge is 0.395 e. The quantitative estimate of drug-likeness (QED) is 0.383. The van der Waals surface area contributed by atoms with Gasteiger partial charge in [0, 0.05) is 24.7 Å². The number of nitrogens with zero attached hydrogens (tertiary/aromatic N) is 1. The molecule has 1 saturated carbocycles. The number of carbonyl (C=O) groups excluding carboxylic acids is 1. The highest BCUT2D eigenvalue weighted by atomic mass is 16.3. The summed E-state index contributed by atoms with van der Waals surface area (Å²) in [6.07, 6.45) is 2.39. The molecule has 18 heavy (non-hydrogen) atoms. The molecule has 0 saturated heterocycles. The van der Waals surface area contributed by atoms with E-state index in [9.17, 15) is 4.79 Å². The van der Waals surface area contributed by atoms with E-state index in [2.05, 4.69) is 10.3 Å². The van der Waals surface area contributed by atoms with E-state index in [4.69, 9.17) is 10.9 Å². The van der Waals surface area contributed by atoms with Gasteiger partial charge in [0.05, 0.1) is 6.61 Å². The van der Waals surface area contributed by atoms with Gasteiger partial charge in [0.2, 0.25) is 0 Å². The van der Waals surface area contributed by atoms with Gasteiger partial charge < -0.3 is 5.11 Å². The van der Waals surface area contributed by atoms with Crippen LogP contribution in [0.2, 0.25) is 0 Å².